The molecule has 0 heterocycles. The number of unbranched alkanes of at least 4 members (excludes halogenated alkanes) is 2. The third-order valence-electron chi connectivity index (χ3n) is 4.02. The smallest absolute Gasteiger partial charge is 0.228 e. The second-order valence-corrected chi connectivity index (χ2v) is 6.19. The first-order valence-electron chi connectivity index (χ1n) is 8.47. The molecule has 0 aromatic heterocycles. The molecule has 1 aromatic carbocycles. The van der Waals surface area contributed by atoms with E-state index in [-0.39, 0.29) is 29.6 Å². The van der Waals surface area contributed by atoms with E-state index in [1.165, 1.54) is 6.92 Å². The molecular weight excluding hydrogens is 306 g/mol. The first kappa shape index (κ1) is 18.0. The fourth-order valence-electron chi connectivity index (χ4n) is 2.57. The van der Waals surface area contributed by atoms with Crippen molar-refractivity contribution in [1.29, 1.82) is 0 Å². The Morgan fingerprint density at radius 1 is 0.958 bits per heavy atom. The minimum absolute atomic E-state index is 0.0211. The van der Waals surface area contributed by atoms with Crippen molar-refractivity contribution in [3.05, 3.63) is 24.3 Å². The van der Waals surface area contributed by atoms with E-state index in [4.69, 9.17) is 0 Å². The van der Waals surface area contributed by atoms with E-state index < -0.39 is 0 Å². The van der Waals surface area contributed by atoms with Crippen LogP contribution in [0.15, 0.2) is 24.3 Å². The van der Waals surface area contributed by atoms with E-state index in [1.54, 1.807) is 24.3 Å². The molecule has 2 atom stereocenters. The molecule has 6 heteroatoms. The van der Waals surface area contributed by atoms with Gasteiger partial charge >= 0.3 is 0 Å². The number of anilines is 2. The molecule has 0 aliphatic heterocycles. The Bertz CT molecular complexity index is 598. The van der Waals surface area contributed by atoms with Gasteiger partial charge in [-0.3, -0.25) is 14.4 Å². The lowest BCUT2D eigenvalue weighted by Crippen LogP contribution is -2.28. The van der Waals surface area contributed by atoms with Gasteiger partial charge in [-0.1, -0.05) is 19.8 Å². The number of rotatable bonds is 8. The van der Waals surface area contributed by atoms with Gasteiger partial charge in [0.25, 0.3) is 0 Å². The summed E-state index contributed by atoms with van der Waals surface area (Å²) in [6.07, 6.45) is 3.80. The monoisotopic (exact) mass is 331 g/mol. The molecular formula is C18H25N3O3. The summed E-state index contributed by atoms with van der Waals surface area (Å²) in [7, 11) is 0. The topological polar surface area (TPSA) is 87.3 Å². The minimum atomic E-state index is -0.244. The van der Waals surface area contributed by atoms with Crippen molar-refractivity contribution in [2.45, 2.75) is 39.5 Å². The van der Waals surface area contributed by atoms with Crippen LogP contribution >= 0.6 is 0 Å². The molecule has 3 amide bonds. The highest BCUT2D eigenvalue weighted by Gasteiger charge is 2.47. The average molecular weight is 331 g/mol. The Morgan fingerprint density at radius 3 is 2.12 bits per heavy atom. The van der Waals surface area contributed by atoms with Crippen molar-refractivity contribution in [3.8, 4) is 0 Å². The van der Waals surface area contributed by atoms with Crippen LogP contribution < -0.4 is 16.0 Å². The number of hydrogen-bond acceptors (Lipinski definition) is 3. The predicted molar refractivity (Wildman–Crippen MR) is 93.5 cm³/mol. The summed E-state index contributed by atoms with van der Waals surface area (Å²) in [5.74, 6) is -0.739. The van der Waals surface area contributed by atoms with Crippen LogP contribution in [0.1, 0.15) is 39.5 Å². The maximum atomic E-state index is 12.2. The number of benzene rings is 1. The first-order chi connectivity index (χ1) is 11.5. The molecule has 6 nitrogen and oxygen atoms in total. The second-order valence-electron chi connectivity index (χ2n) is 6.19. The number of nitrogens with one attached hydrogen (secondary N) is 3. The molecule has 1 saturated carbocycles. The summed E-state index contributed by atoms with van der Waals surface area (Å²) in [4.78, 5) is 35.1. The van der Waals surface area contributed by atoms with Crippen molar-refractivity contribution in [1.82, 2.24) is 5.32 Å². The molecule has 0 radical (unpaired) electrons. The van der Waals surface area contributed by atoms with Gasteiger partial charge in [-0.25, -0.2) is 0 Å². The highest BCUT2D eigenvalue weighted by Crippen LogP contribution is 2.39. The summed E-state index contributed by atoms with van der Waals surface area (Å²) in [6.45, 7) is 4.24. The fraction of sp³-hybridized carbons (Fsp3) is 0.500. The molecule has 1 aromatic rings. The van der Waals surface area contributed by atoms with Gasteiger partial charge in [-0.05, 0) is 37.1 Å². The molecule has 0 saturated heterocycles. The van der Waals surface area contributed by atoms with Crippen LogP contribution in [-0.4, -0.2) is 24.3 Å². The van der Waals surface area contributed by atoms with Gasteiger partial charge in [-0.2, -0.15) is 0 Å². The molecule has 3 N–H and O–H groups in total. The largest absolute Gasteiger partial charge is 0.356 e. The Hall–Kier alpha value is -2.37. The summed E-state index contributed by atoms with van der Waals surface area (Å²) < 4.78 is 0. The first-order valence-corrected chi connectivity index (χ1v) is 8.47. The normalized spacial score (nSPS) is 18.6. The van der Waals surface area contributed by atoms with E-state index in [0.717, 1.165) is 19.3 Å². The molecule has 2 unspecified atom stereocenters. The molecule has 1 aliphatic rings. The van der Waals surface area contributed by atoms with Crippen LogP contribution in [0.25, 0.3) is 0 Å². The van der Waals surface area contributed by atoms with Crippen molar-refractivity contribution < 1.29 is 14.4 Å². The standard InChI is InChI=1S/C18H25N3O3/c1-3-4-5-10-19-17(23)15-11-16(15)18(24)21-14-8-6-13(7-9-14)20-12(2)22/h6-9,15-16H,3-5,10-11H2,1-2H3,(H,19,23)(H,20,22)(H,21,24). The lowest BCUT2D eigenvalue weighted by Gasteiger charge is -2.07. The van der Waals surface area contributed by atoms with Crippen molar-refractivity contribution in [3.63, 3.8) is 0 Å². The SMILES string of the molecule is CCCCCNC(=O)C1CC1C(=O)Nc1ccc(NC(C)=O)cc1. The van der Waals surface area contributed by atoms with E-state index in [2.05, 4.69) is 22.9 Å². The fourth-order valence-corrected chi connectivity index (χ4v) is 2.57. The van der Waals surface area contributed by atoms with Gasteiger partial charge in [0.05, 0.1) is 11.8 Å². The Kier molecular flexibility index (Phi) is 6.35. The van der Waals surface area contributed by atoms with Gasteiger partial charge in [-0.15, -0.1) is 0 Å². The second kappa shape index (κ2) is 8.47. The molecule has 0 bridgehead atoms. The van der Waals surface area contributed by atoms with Crippen LogP contribution in [0.2, 0.25) is 0 Å². The highest BCUT2D eigenvalue weighted by atomic mass is 16.2. The Labute approximate surface area is 142 Å². The molecule has 130 valence electrons. The summed E-state index contributed by atoms with van der Waals surface area (Å²) in [5.41, 5.74) is 1.33. The number of carbonyl (C=O) groups excluding carboxylic acids is 3. The molecule has 1 aliphatic carbocycles. The third kappa shape index (κ3) is 5.37. The van der Waals surface area contributed by atoms with Gasteiger partial charge < -0.3 is 16.0 Å². The zero-order chi connectivity index (χ0) is 17.5. The van der Waals surface area contributed by atoms with E-state index >= 15 is 0 Å². The molecule has 1 fully saturated rings. The third-order valence-corrected chi connectivity index (χ3v) is 4.02. The van der Waals surface area contributed by atoms with Crippen LogP contribution in [0.4, 0.5) is 11.4 Å². The quantitative estimate of drug-likeness (QED) is 0.640. The van der Waals surface area contributed by atoms with Crippen LogP contribution in [0.3, 0.4) is 0 Å². The van der Waals surface area contributed by atoms with Crippen LogP contribution in [-0.2, 0) is 14.4 Å². The molecule has 2 rings (SSSR count). The van der Waals surface area contributed by atoms with E-state index in [1.807, 2.05) is 0 Å². The van der Waals surface area contributed by atoms with Crippen molar-refractivity contribution in [2.75, 3.05) is 17.2 Å². The number of hydrogen-bond donors (Lipinski definition) is 3. The average Bonchev–Trinajstić information content (AvgIpc) is 3.33. The number of amides is 3. The van der Waals surface area contributed by atoms with Gasteiger partial charge in [0.15, 0.2) is 0 Å². The maximum absolute atomic E-state index is 12.2. The van der Waals surface area contributed by atoms with Gasteiger partial charge in [0, 0.05) is 24.8 Å². The van der Waals surface area contributed by atoms with Crippen LogP contribution in [0.5, 0.6) is 0 Å². The molecule has 24 heavy (non-hydrogen) atoms. The zero-order valence-corrected chi connectivity index (χ0v) is 14.2. The van der Waals surface area contributed by atoms with Crippen LogP contribution in [0, 0.1) is 11.8 Å². The summed E-state index contributed by atoms with van der Waals surface area (Å²) >= 11 is 0. The van der Waals surface area contributed by atoms with E-state index in [9.17, 15) is 14.4 Å². The highest BCUT2D eigenvalue weighted by molar-refractivity contribution is 5.99. The van der Waals surface area contributed by atoms with Gasteiger partial charge in [0.2, 0.25) is 17.7 Å². The number of carbonyl (C=O) groups is 3. The lowest BCUT2D eigenvalue weighted by atomic mass is 10.2. The van der Waals surface area contributed by atoms with Crippen molar-refractivity contribution in [2.24, 2.45) is 11.8 Å². The Balaban J connectivity index is 1.75. The maximum Gasteiger partial charge on any atom is 0.228 e. The lowest BCUT2D eigenvalue weighted by molar-refractivity contribution is -0.125. The van der Waals surface area contributed by atoms with E-state index in [0.29, 0.717) is 24.3 Å². The summed E-state index contributed by atoms with van der Waals surface area (Å²) in [6, 6.07) is 6.90. The zero-order valence-electron chi connectivity index (χ0n) is 14.2. The van der Waals surface area contributed by atoms with Gasteiger partial charge in [0.1, 0.15) is 0 Å². The Morgan fingerprint density at radius 2 is 1.54 bits per heavy atom. The van der Waals surface area contributed by atoms with Crippen molar-refractivity contribution >= 4 is 29.1 Å². The predicted octanol–water partition coefficient (Wildman–Crippen LogP) is 2.53. The minimum Gasteiger partial charge on any atom is -0.356 e. The summed E-state index contributed by atoms with van der Waals surface area (Å²) in [5, 5.41) is 8.37. The molecule has 0 spiro atoms.